The molecule has 0 radical (unpaired) electrons. The third-order valence-electron chi connectivity index (χ3n) is 3.45. The van der Waals surface area contributed by atoms with Crippen molar-refractivity contribution in [3.63, 3.8) is 0 Å². The Morgan fingerprint density at radius 3 is 1.35 bits per heavy atom. The molecule has 0 bridgehead atoms. The predicted molar refractivity (Wildman–Crippen MR) is 72.1 cm³/mol. The van der Waals surface area contributed by atoms with Gasteiger partial charge in [0, 0.05) is 6.42 Å². The van der Waals surface area contributed by atoms with E-state index in [0.717, 1.165) is 0 Å². The normalized spacial score (nSPS) is 15.5. The first-order chi connectivity index (χ1) is 11.2. The van der Waals surface area contributed by atoms with E-state index in [1.165, 1.54) is 0 Å². The van der Waals surface area contributed by atoms with E-state index in [0.29, 0.717) is 0 Å². The van der Waals surface area contributed by atoms with Crippen LogP contribution in [-0.2, 0) is 0 Å². The molecule has 0 aromatic carbocycles. The molecule has 0 heterocycles. The Labute approximate surface area is 142 Å². The summed E-state index contributed by atoms with van der Waals surface area (Å²) in [5.41, 5.74) is 0. The lowest BCUT2D eigenvalue weighted by atomic mass is 9.94. The Bertz CT molecular complexity index is 459. The summed E-state index contributed by atoms with van der Waals surface area (Å²) in [6.07, 6.45) is -9.89. The monoisotopic (exact) mass is 429 g/mol. The predicted octanol–water partition coefficient (Wildman–Crippen LogP) is 3.86. The highest BCUT2D eigenvalue weighted by Gasteiger charge is 2.86. The minimum Gasteiger partial charge on any atom is -0.327 e. The molecular weight excluding hydrogens is 411 g/mol. The van der Waals surface area contributed by atoms with E-state index >= 15 is 0 Å². The number of rotatable bonds is 10. The molecule has 15 heteroatoms. The van der Waals surface area contributed by atoms with Crippen LogP contribution in [0.25, 0.3) is 0 Å². The van der Waals surface area contributed by atoms with Gasteiger partial charge < -0.3 is 16.2 Å². The van der Waals surface area contributed by atoms with Crippen LogP contribution < -0.4 is 16.2 Å². The lowest BCUT2D eigenvalue weighted by Crippen LogP contribution is -2.66. The van der Waals surface area contributed by atoms with Gasteiger partial charge in [0.25, 0.3) is 8.56 Å². The maximum absolute atomic E-state index is 13.3. The van der Waals surface area contributed by atoms with Crippen LogP contribution in [0.1, 0.15) is 32.1 Å². The van der Waals surface area contributed by atoms with E-state index in [-0.39, 0.29) is 25.3 Å². The molecule has 0 rings (SSSR count). The van der Waals surface area contributed by atoms with Gasteiger partial charge in [0.1, 0.15) is 0 Å². The van der Waals surface area contributed by atoms with Crippen molar-refractivity contribution in [1.29, 1.82) is 0 Å². The molecule has 0 amide bonds. The molecule has 0 saturated heterocycles. The summed E-state index contributed by atoms with van der Waals surface area (Å²) in [6.45, 7) is 0. The second-order valence-corrected chi connectivity index (χ2v) is 8.68. The van der Waals surface area contributed by atoms with Gasteiger partial charge in [-0.05, 0) is 12.5 Å². The fraction of sp³-hybridized carbons (Fsp3) is 1.00. The molecule has 26 heavy (non-hydrogen) atoms. The zero-order chi connectivity index (χ0) is 21.2. The van der Waals surface area contributed by atoms with Crippen LogP contribution in [0, 0.1) is 0 Å². The first-order valence-electron chi connectivity index (χ1n) is 7.15. The zero-order valence-electron chi connectivity index (χ0n) is 13.1. The highest BCUT2D eigenvalue weighted by molar-refractivity contribution is 6.70. The van der Waals surface area contributed by atoms with Crippen molar-refractivity contribution in [1.82, 2.24) is 0 Å². The van der Waals surface area contributed by atoms with Crippen molar-refractivity contribution in [3.05, 3.63) is 0 Å². The van der Waals surface area contributed by atoms with E-state index in [4.69, 9.17) is 16.2 Å². The summed E-state index contributed by atoms with van der Waals surface area (Å²) < 4.78 is 140. The minimum atomic E-state index is -7.34. The van der Waals surface area contributed by atoms with E-state index in [9.17, 15) is 48.3 Å². The molecule has 0 fully saturated rings. The molecule has 0 aliphatic rings. The van der Waals surface area contributed by atoms with Crippen LogP contribution in [0.2, 0.25) is 6.04 Å². The van der Waals surface area contributed by atoms with Crippen LogP contribution in [0.15, 0.2) is 0 Å². The molecule has 0 aliphatic carbocycles. The number of halogens is 11. The Morgan fingerprint density at radius 1 is 0.538 bits per heavy atom. The summed E-state index contributed by atoms with van der Waals surface area (Å²) in [7, 11) is -2.90. The number of nitrogens with two attached hydrogens (primary N) is 3. The highest BCUT2D eigenvalue weighted by Crippen LogP contribution is 2.58. The average Bonchev–Trinajstić information content (AvgIpc) is 2.39. The first-order valence-corrected chi connectivity index (χ1v) is 9.59. The summed E-state index contributed by atoms with van der Waals surface area (Å²) in [5.74, 6) is -27.4. The Morgan fingerprint density at radius 2 is 0.962 bits per heavy atom. The van der Waals surface area contributed by atoms with Gasteiger partial charge in [-0.1, -0.05) is 19.3 Å². The number of unbranched alkanes of at least 4 members (excludes halogenated alkanes) is 3. The van der Waals surface area contributed by atoms with Gasteiger partial charge in [0.15, 0.2) is 0 Å². The number of alkyl halides is 11. The second kappa shape index (κ2) is 7.75. The van der Waals surface area contributed by atoms with Crippen molar-refractivity contribution in [2.75, 3.05) is 0 Å². The maximum atomic E-state index is 13.3. The zero-order valence-corrected chi connectivity index (χ0v) is 14.1. The van der Waals surface area contributed by atoms with E-state index in [1.807, 2.05) is 0 Å². The molecule has 0 aromatic rings. The van der Waals surface area contributed by atoms with Gasteiger partial charge in [0.05, 0.1) is 0 Å². The number of hydrogen-bond donors (Lipinski definition) is 3. The topological polar surface area (TPSA) is 78.1 Å². The number of hydrogen-bond acceptors (Lipinski definition) is 3. The van der Waals surface area contributed by atoms with E-state index < -0.39 is 51.3 Å². The van der Waals surface area contributed by atoms with Crippen molar-refractivity contribution >= 4 is 8.56 Å². The first kappa shape index (κ1) is 25.3. The molecule has 0 aliphatic heterocycles. The molecule has 0 unspecified atom stereocenters. The van der Waals surface area contributed by atoms with Crippen LogP contribution in [0.4, 0.5) is 48.3 Å². The molecular formula is C11H18F11N3Si. The molecule has 6 N–H and O–H groups in total. The SMILES string of the molecule is N[Si](N)(N)CCCCCCC(F)(F)C(F)(F)C(F)(F)C(F)(F)C(F)(F)F. The molecule has 3 nitrogen and oxygen atoms in total. The summed E-state index contributed by atoms with van der Waals surface area (Å²) in [5, 5.41) is 16.0. The van der Waals surface area contributed by atoms with E-state index in [2.05, 4.69) is 0 Å². The molecule has 0 atom stereocenters. The molecule has 0 aromatic heterocycles. The van der Waals surface area contributed by atoms with Crippen molar-refractivity contribution in [3.8, 4) is 0 Å². The van der Waals surface area contributed by atoms with Crippen LogP contribution in [-0.4, -0.2) is 38.4 Å². The lowest BCUT2D eigenvalue weighted by Gasteiger charge is -2.37. The van der Waals surface area contributed by atoms with Gasteiger partial charge in [-0.3, -0.25) is 0 Å². The lowest BCUT2D eigenvalue weighted by molar-refractivity contribution is -0.422. The standard InChI is InChI=1S/C11H18F11N3Si/c12-7(13,5-3-1-2-4-6-26(23,24)25)8(14,15)9(16,17)10(18,19)11(20,21)22/h1-6,23-25H2. The third-order valence-corrected chi connectivity index (χ3v) is 4.67. The fourth-order valence-corrected chi connectivity index (χ4v) is 2.76. The minimum absolute atomic E-state index is 0.0944. The molecule has 158 valence electrons. The second-order valence-electron chi connectivity index (χ2n) is 5.95. The van der Waals surface area contributed by atoms with Crippen molar-refractivity contribution in [2.24, 2.45) is 16.2 Å². The van der Waals surface area contributed by atoms with E-state index in [1.54, 1.807) is 0 Å². The quantitative estimate of drug-likeness (QED) is 0.280. The summed E-state index contributed by atoms with van der Waals surface area (Å²) in [6, 6.07) is 0.148. The fourth-order valence-electron chi connectivity index (χ4n) is 1.89. The highest BCUT2D eigenvalue weighted by atomic mass is 28.4. The van der Waals surface area contributed by atoms with Gasteiger partial charge in [0.2, 0.25) is 0 Å². The van der Waals surface area contributed by atoms with Crippen LogP contribution in [0.5, 0.6) is 0 Å². The van der Waals surface area contributed by atoms with Gasteiger partial charge >= 0.3 is 29.9 Å². The van der Waals surface area contributed by atoms with Gasteiger partial charge in [-0.25, -0.2) is 0 Å². The Balaban J connectivity index is 4.99. The van der Waals surface area contributed by atoms with Crippen molar-refractivity contribution < 1.29 is 48.3 Å². The summed E-state index contributed by atoms with van der Waals surface area (Å²) in [4.78, 5) is 0. The average molecular weight is 429 g/mol. The van der Waals surface area contributed by atoms with Crippen LogP contribution in [0.3, 0.4) is 0 Å². The molecule has 0 spiro atoms. The molecule has 0 saturated carbocycles. The van der Waals surface area contributed by atoms with Gasteiger partial charge in [-0.2, -0.15) is 48.3 Å². The Hall–Kier alpha value is -0.673. The largest absolute Gasteiger partial charge is 0.460 e. The van der Waals surface area contributed by atoms with Gasteiger partial charge in [-0.15, -0.1) is 0 Å². The third kappa shape index (κ3) is 5.42. The summed E-state index contributed by atoms with van der Waals surface area (Å²) >= 11 is 0. The maximum Gasteiger partial charge on any atom is 0.460 e. The van der Waals surface area contributed by atoms with Crippen molar-refractivity contribution in [2.45, 2.75) is 68.0 Å². The van der Waals surface area contributed by atoms with Crippen LogP contribution >= 0.6 is 0 Å². The smallest absolute Gasteiger partial charge is 0.327 e. The Kier molecular flexibility index (Phi) is 7.55.